The third-order valence-corrected chi connectivity index (χ3v) is 4.42. The van der Waals surface area contributed by atoms with Crippen LogP contribution in [0.5, 0.6) is 0 Å². The van der Waals surface area contributed by atoms with Gasteiger partial charge in [0, 0.05) is 18.8 Å². The van der Waals surface area contributed by atoms with Crippen molar-refractivity contribution in [2.24, 2.45) is 5.92 Å². The molecule has 1 saturated carbocycles. The molecule has 0 amide bonds. The van der Waals surface area contributed by atoms with Gasteiger partial charge < -0.3 is 4.90 Å². The van der Waals surface area contributed by atoms with E-state index >= 15 is 0 Å². The summed E-state index contributed by atoms with van der Waals surface area (Å²) in [5, 5.41) is 10.2. The van der Waals surface area contributed by atoms with Gasteiger partial charge in [-0.25, -0.2) is 9.90 Å². The fourth-order valence-corrected chi connectivity index (χ4v) is 3.13. The van der Waals surface area contributed by atoms with Crippen LogP contribution in [-0.4, -0.2) is 23.8 Å². The van der Waals surface area contributed by atoms with E-state index in [9.17, 15) is 9.90 Å². The summed E-state index contributed by atoms with van der Waals surface area (Å²) in [6.07, 6.45) is 9.12. The minimum absolute atomic E-state index is 0.140. The second-order valence-corrected chi connectivity index (χ2v) is 7.14. The number of anilines is 1. The molecule has 0 bridgehead atoms. The molecule has 1 aliphatic heterocycles. The molecule has 0 aromatic heterocycles. The average molecular weight is 387 g/mol. The predicted molar refractivity (Wildman–Crippen MR) is 102 cm³/mol. The number of hydrogen-bond donors (Lipinski definition) is 0. The maximum Gasteiger partial charge on any atom is 0.358 e. The van der Waals surface area contributed by atoms with E-state index in [1.165, 1.54) is 44.5 Å². The standard InChI is InChI=1S/C11H15N.C7H11O2.CCl2O/c1-3-7-11(8-4-1)12-9-5-2-6-10-12;8-7(9)6-4-2-1-3-5-6;2-1(3)4/h1,3-4,7-8H,2,5-6,9-10H2;6H,1-5H2;. The van der Waals surface area contributed by atoms with Crippen LogP contribution in [0.1, 0.15) is 51.4 Å². The predicted octanol–water partition coefficient (Wildman–Crippen LogP) is 5.78. The monoisotopic (exact) mass is 386 g/mol. The van der Waals surface area contributed by atoms with E-state index in [0.29, 0.717) is 0 Å². The van der Waals surface area contributed by atoms with Gasteiger partial charge >= 0.3 is 10.7 Å². The lowest BCUT2D eigenvalue weighted by atomic mass is 9.90. The van der Waals surface area contributed by atoms with Crippen LogP contribution in [0.4, 0.5) is 10.5 Å². The average Bonchev–Trinajstić information content (AvgIpc) is 2.64. The highest BCUT2D eigenvalue weighted by Crippen LogP contribution is 2.23. The van der Waals surface area contributed by atoms with Crippen molar-refractivity contribution in [2.45, 2.75) is 51.4 Å². The highest BCUT2D eigenvalue weighted by molar-refractivity contribution is 6.93. The molecule has 2 fully saturated rings. The minimum atomic E-state index is -0.889. The Hall–Kier alpha value is -1.26. The SMILES string of the molecule is O=C(Cl)Cl.[O]C(=O)C1CCCCC1.c1ccc(N2CCCCC2)cc1. The van der Waals surface area contributed by atoms with E-state index in [1.54, 1.807) is 0 Å². The third-order valence-electron chi connectivity index (χ3n) is 4.42. The lowest BCUT2D eigenvalue weighted by molar-refractivity contribution is -0.149. The summed E-state index contributed by atoms with van der Waals surface area (Å²) in [6, 6.07) is 10.7. The van der Waals surface area contributed by atoms with E-state index in [-0.39, 0.29) is 5.92 Å². The Balaban J connectivity index is 0.000000213. The van der Waals surface area contributed by atoms with Crippen molar-refractivity contribution >= 4 is 39.6 Å². The zero-order valence-electron chi connectivity index (χ0n) is 14.5. The van der Waals surface area contributed by atoms with E-state index in [0.717, 1.165) is 25.7 Å². The molecule has 1 saturated heterocycles. The molecule has 1 radical (unpaired) electrons. The molecule has 25 heavy (non-hydrogen) atoms. The van der Waals surface area contributed by atoms with E-state index in [1.807, 2.05) is 0 Å². The quantitative estimate of drug-likeness (QED) is 0.604. The molecule has 1 aromatic rings. The molecule has 1 aliphatic carbocycles. The first-order valence-corrected chi connectivity index (χ1v) is 9.62. The molecule has 1 heterocycles. The Kier molecular flexibility index (Phi) is 11.3. The molecular weight excluding hydrogens is 361 g/mol. The number of para-hydroxylation sites is 1. The van der Waals surface area contributed by atoms with Crippen molar-refractivity contribution in [1.29, 1.82) is 0 Å². The fourth-order valence-electron chi connectivity index (χ4n) is 3.13. The highest BCUT2D eigenvalue weighted by Gasteiger charge is 2.21. The van der Waals surface area contributed by atoms with Gasteiger partial charge in [0.1, 0.15) is 0 Å². The normalized spacial score (nSPS) is 17.4. The summed E-state index contributed by atoms with van der Waals surface area (Å²) in [7, 11) is 0. The molecule has 1 aromatic carbocycles. The largest absolute Gasteiger partial charge is 0.372 e. The zero-order chi connectivity index (χ0) is 18.5. The summed E-state index contributed by atoms with van der Waals surface area (Å²) in [4.78, 5) is 21.7. The minimum Gasteiger partial charge on any atom is -0.372 e. The summed E-state index contributed by atoms with van der Waals surface area (Å²) in [5.41, 5.74) is 1.39. The van der Waals surface area contributed by atoms with Gasteiger partial charge in [-0.15, -0.1) is 0 Å². The second-order valence-electron chi connectivity index (χ2n) is 6.26. The molecule has 0 N–H and O–H groups in total. The smallest absolute Gasteiger partial charge is 0.358 e. The van der Waals surface area contributed by atoms with Gasteiger partial charge in [-0.05, 0) is 67.4 Å². The first kappa shape index (κ1) is 21.8. The lowest BCUT2D eigenvalue weighted by Gasteiger charge is -2.28. The molecule has 0 atom stereocenters. The summed E-state index contributed by atoms with van der Waals surface area (Å²) >= 11 is 8.80. The van der Waals surface area contributed by atoms with Crippen molar-refractivity contribution in [3.8, 4) is 0 Å². The molecule has 0 spiro atoms. The van der Waals surface area contributed by atoms with Gasteiger partial charge in [0.2, 0.25) is 0 Å². The Morgan fingerprint density at radius 1 is 0.840 bits per heavy atom. The summed E-state index contributed by atoms with van der Waals surface area (Å²) < 4.78 is -0.889. The number of hydrogen-bond acceptors (Lipinski definition) is 3. The van der Waals surface area contributed by atoms with Crippen LogP contribution in [0.25, 0.3) is 0 Å². The van der Waals surface area contributed by atoms with Gasteiger partial charge in [-0.2, -0.15) is 0 Å². The number of rotatable bonds is 2. The van der Waals surface area contributed by atoms with Gasteiger partial charge in [-0.1, -0.05) is 37.5 Å². The summed E-state index contributed by atoms with van der Waals surface area (Å²) in [6.45, 7) is 2.48. The number of carbonyl (C=O) groups excluding carboxylic acids is 2. The maximum atomic E-state index is 10.2. The van der Waals surface area contributed by atoms with Crippen LogP contribution in [0.15, 0.2) is 30.3 Å². The lowest BCUT2D eigenvalue weighted by Crippen LogP contribution is -2.29. The fraction of sp³-hybridized carbons (Fsp3) is 0.579. The molecule has 2 aliphatic rings. The first-order valence-electron chi connectivity index (χ1n) is 8.86. The number of halogens is 2. The van der Waals surface area contributed by atoms with Crippen molar-refractivity contribution < 1.29 is 14.7 Å². The molecule has 0 unspecified atom stereocenters. The summed E-state index contributed by atoms with van der Waals surface area (Å²) in [5.74, 6) is -0.992. The highest BCUT2D eigenvalue weighted by atomic mass is 35.5. The van der Waals surface area contributed by atoms with Crippen molar-refractivity contribution in [1.82, 2.24) is 0 Å². The van der Waals surface area contributed by atoms with Crippen LogP contribution >= 0.6 is 23.2 Å². The van der Waals surface area contributed by atoms with E-state index in [2.05, 4.69) is 58.4 Å². The number of carbonyl (C=O) groups is 2. The Morgan fingerprint density at radius 2 is 1.32 bits per heavy atom. The van der Waals surface area contributed by atoms with E-state index < -0.39 is 10.7 Å². The number of nitrogens with zero attached hydrogens (tertiary/aromatic N) is 1. The Morgan fingerprint density at radius 3 is 1.76 bits per heavy atom. The molecular formula is C19H26Cl2NO3. The molecule has 6 heteroatoms. The zero-order valence-corrected chi connectivity index (χ0v) is 16.0. The van der Waals surface area contributed by atoms with Crippen molar-refractivity contribution in [2.75, 3.05) is 18.0 Å². The second kappa shape index (κ2) is 13.0. The maximum absolute atomic E-state index is 10.2. The topological polar surface area (TPSA) is 57.3 Å². The Labute approximate surface area is 160 Å². The van der Waals surface area contributed by atoms with Crippen molar-refractivity contribution in [3.05, 3.63) is 30.3 Å². The van der Waals surface area contributed by atoms with Gasteiger partial charge in [0.25, 0.3) is 0 Å². The van der Waals surface area contributed by atoms with Crippen LogP contribution in [0.3, 0.4) is 0 Å². The number of benzene rings is 1. The van der Waals surface area contributed by atoms with Gasteiger partial charge in [0.05, 0.1) is 5.92 Å². The van der Waals surface area contributed by atoms with Crippen LogP contribution in [0, 0.1) is 5.92 Å². The van der Waals surface area contributed by atoms with Crippen LogP contribution in [-0.2, 0) is 9.90 Å². The van der Waals surface area contributed by atoms with E-state index in [4.69, 9.17) is 4.79 Å². The molecule has 3 rings (SSSR count). The third kappa shape index (κ3) is 10.4. The Bertz CT molecular complexity index is 495. The van der Waals surface area contributed by atoms with Crippen molar-refractivity contribution in [3.63, 3.8) is 0 Å². The van der Waals surface area contributed by atoms with Gasteiger partial charge in [0.15, 0.2) is 0 Å². The first-order chi connectivity index (χ1) is 12.0. The van der Waals surface area contributed by atoms with Gasteiger partial charge in [-0.3, -0.25) is 4.79 Å². The van der Waals surface area contributed by atoms with Crippen LogP contribution in [0.2, 0.25) is 0 Å². The van der Waals surface area contributed by atoms with Crippen LogP contribution < -0.4 is 4.90 Å². The number of piperidine rings is 1. The molecule has 4 nitrogen and oxygen atoms in total. The molecule has 139 valence electrons.